The Labute approximate surface area is 195 Å². The second-order valence-corrected chi connectivity index (χ2v) is 10.7. The number of benzene rings is 1. The zero-order valence-corrected chi connectivity index (χ0v) is 20.6. The van der Waals surface area contributed by atoms with Crippen LogP contribution in [0.2, 0.25) is 0 Å². The van der Waals surface area contributed by atoms with E-state index in [2.05, 4.69) is 67.5 Å². The molecular weight excluding hydrogens is 416 g/mol. The van der Waals surface area contributed by atoms with Crippen molar-refractivity contribution < 1.29 is 9.90 Å². The molecule has 1 aliphatic carbocycles. The van der Waals surface area contributed by atoms with Gasteiger partial charge in [-0.1, -0.05) is 49.6 Å². The Bertz CT molecular complexity index is 1050. The van der Waals surface area contributed by atoms with Crippen LogP contribution in [0.5, 0.6) is 0 Å². The first-order chi connectivity index (χ1) is 15.4. The smallest absolute Gasteiger partial charge is 0.345 e. The van der Waals surface area contributed by atoms with Crippen LogP contribution in [0.15, 0.2) is 36.4 Å². The maximum absolute atomic E-state index is 11.9. The summed E-state index contributed by atoms with van der Waals surface area (Å²) >= 11 is 1.47. The molecule has 2 heterocycles. The number of carbonyl (C=O) groups is 1. The van der Waals surface area contributed by atoms with Gasteiger partial charge in [-0.3, -0.25) is 4.90 Å². The van der Waals surface area contributed by atoms with Crippen molar-refractivity contribution in [3.63, 3.8) is 0 Å². The predicted molar refractivity (Wildman–Crippen MR) is 135 cm³/mol. The molecule has 3 aromatic rings. The molecule has 0 unspecified atom stereocenters. The summed E-state index contributed by atoms with van der Waals surface area (Å²) in [5.74, 6) is -0.311. The molecule has 0 bridgehead atoms. The fourth-order valence-corrected chi connectivity index (χ4v) is 6.62. The number of aromatic carboxylic acids is 1. The third kappa shape index (κ3) is 4.51. The Hall–Kier alpha value is -2.11. The lowest BCUT2D eigenvalue weighted by atomic mass is 9.83. The first kappa shape index (κ1) is 23.1. The Kier molecular flexibility index (Phi) is 7.06. The molecule has 172 valence electrons. The van der Waals surface area contributed by atoms with Gasteiger partial charge in [-0.15, -0.1) is 11.3 Å². The van der Waals surface area contributed by atoms with Crippen molar-refractivity contribution in [3.05, 3.63) is 46.8 Å². The fourth-order valence-electron chi connectivity index (χ4n) is 5.49. The van der Waals surface area contributed by atoms with E-state index in [9.17, 15) is 9.90 Å². The molecule has 1 saturated carbocycles. The lowest BCUT2D eigenvalue weighted by Crippen LogP contribution is -2.39. The summed E-state index contributed by atoms with van der Waals surface area (Å²) in [4.78, 5) is 14.8. The van der Waals surface area contributed by atoms with Gasteiger partial charge in [0.15, 0.2) is 0 Å². The van der Waals surface area contributed by atoms with E-state index in [-0.39, 0.29) is 0 Å². The number of thiophene rings is 1. The minimum atomic E-state index is -0.820. The number of rotatable bonds is 8. The van der Waals surface area contributed by atoms with E-state index in [0.29, 0.717) is 22.9 Å². The number of aromatic nitrogens is 1. The monoisotopic (exact) mass is 452 g/mol. The molecule has 1 aromatic carbocycles. The zero-order valence-electron chi connectivity index (χ0n) is 19.8. The predicted octanol–water partition coefficient (Wildman–Crippen LogP) is 7.23. The highest BCUT2D eigenvalue weighted by molar-refractivity contribution is 7.21. The number of carboxylic acids is 1. The van der Waals surface area contributed by atoms with Gasteiger partial charge in [0.25, 0.3) is 0 Å². The number of nitrogens with zero attached hydrogens (tertiary/aromatic N) is 2. The topological polar surface area (TPSA) is 45.5 Å². The summed E-state index contributed by atoms with van der Waals surface area (Å²) in [5, 5.41) is 9.74. The third-order valence-electron chi connectivity index (χ3n) is 6.95. The van der Waals surface area contributed by atoms with E-state index in [1.54, 1.807) is 0 Å². The number of fused-ring (bicyclic) bond motifs is 1. The van der Waals surface area contributed by atoms with Crippen molar-refractivity contribution in [2.75, 3.05) is 6.54 Å². The van der Waals surface area contributed by atoms with Crippen LogP contribution in [0.4, 0.5) is 0 Å². The second-order valence-electron chi connectivity index (χ2n) is 9.67. The molecule has 0 saturated heterocycles. The van der Waals surface area contributed by atoms with Gasteiger partial charge < -0.3 is 9.67 Å². The molecule has 5 heteroatoms. The molecule has 4 nitrogen and oxygen atoms in total. The van der Waals surface area contributed by atoms with E-state index in [1.165, 1.54) is 65.0 Å². The van der Waals surface area contributed by atoms with Crippen LogP contribution in [0, 0.1) is 0 Å². The Morgan fingerprint density at radius 2 is 1.75 bits per heavy atom. The van der Waals surface area contributed by atoms with E-state index < -0.39 is 5.97 Å². The van der Waals surface area contributed by atoms with Gasteiger partial charge in [0.2, 0.25) is 0 Å². The van der Waals surface area contributed by atoms with Gasteiger partial charge in [0.05, 0.1) is 15.9 Å². The highest BCUT2D eigenvalue weighted by Gasteiger charge is 2.29. The molecule has 0 aliphatic heterocycles. The number of hydrogen-bond donors (Lipinski definition) is 1. The SMILES string of the molecule is CC(C)N(CCn1c(-c2ccccc2)c(C2CCCCC2)c2sc(C(=O)O)cc21)C(C)C. The second kappa shape index (κ2) is 9.80. The molecule has 1 N–H and O–H groups in total. The highest BCUT2D eigenvalue weighted by Crippen LogP contribution is 2.46. The van der Waals surface area contributed by atoms with E-state index in [1.807, 2.05) is 6.07 Å². The molecule has 0 amide bonds. The van der Waals surface area contributed by atoms with Gasteiger partial charge in [0, 0.05) is 25.2 Å². The minimum absolute atomic E-state index is 0.449. The molecule has 2 aromatic heterocycles. The number of hydrogen-bond acceptors (Lipinski definition) is 3. The summed E-state index contributed by atoms with van der Waals surface area (Å²) in [6.45, 7) is 10.8. The van der Waals surface area contributed by atoms with Crippen LogP contribution in [0.1, 0.15) is 81.0 Å². The maximum Gasteiger partial charge on any atom is 0.345 e. The van der Waals surface area contributed by atoms with E-state index >= 15 is 0 Å². The fraction of sp³-hybridized carbons (Fsp3) is 0.519. The van der Waals surface area contributed by atoms with Gasteiger partial charge >= 0.3 is 5.97 Å². The summed E-state index contributed by atoms with van der Waals surface area (Å²) in [6.07, 6.45) is 6.23. The molecule has 0 atom stereocenters. The highest BCUT2D eigenvalue weighted by atomic mass is 32.1. The average molecular weight is 453 g/mol. The summed E-state index contributed by atoms with van der Waals surface area (Å²) in [7, 11) is 0. The molecule has 0 spiro atoms. The molecule has 1 aliphatic rings. The summed E-state index contributed by atoms with van der Waals surface area (Å²) in [6, 6.07) is 13.6. The van der Waals surface area contributed by atoms with Gasteiger partial charge in [-0.05, 0) is 63.6 Å². The lowest BCUT2D eigenvalue weighted by molar-refractivity contribution is 0.0702. The van der Waals surface area contributed by atoms with Crippen LogP contribution in [-0.2, 0) is 6.54 Å². The molecule has 1 fully saturated rings. The molecular formula is C27H36N2O2S. The van der Waals surface area contributed by atoms with Crippen molar-refractivity contribution in [2.45, 2.75) is 84.3 Å². The van der Waals surface area contributed by atoms with Gasteiger partial charge in [-0.25, -0.2) is 4.79 Å². The zero-order chi connectivity index (χ0) is 22.8. The average Bonchev–Trinajstić information content (AvgIpc) is 3.32. The maximum atomic E-state index is 11.9. The van der Waals surface area contributed by atoms with Crippen molar-refractivity contribution >= 4 is 27.5 Å². The molecule has 4 rings (SSSR count). The first-order valence-electron chi connectivity index (χ1n) is 12.1. The molecule has 0 radical (unpaired) electrons. The van der Waals surface area contributed by atoms with Crippen LogP contribution < -0.4 is 0 Å². The van der Waals surface area contributed by atoms with Crippen LogP contribution >= 0.6 is 11.3 Å². The Morgan fingerprint density at radius 1 is 1.09 bits per heavy atom. The first-order valence-corrected chi connectivity index (χ1v) is 12.9. The standard InChI is InChI=1S/C27H36N2O2S/c1-18(2)28(19(3)4)15-16-29-22-17-23(27(30)31)32-26(22)24(20-11-7-5-8-12-20)25(29)21-13-9-6-10-14-21/h6,9-10,13-14,17-20H,5,7-8,11-12,15-16H2,1-4H3,(H,30,31). The minimum Gasteiger partial charge on any atom is -0.477 e. The Balaban J connectivity index is 1.90. The summed E-state index contributed by atoms with van der Waals surface area (Å²) < 4.78 is 3.61. The van der Waals surface area contributed by atoms with Crippen molar-refractivity contribution in [1.82, 2.24) is 9.47 Å². The summed E-state index contributed by atoms with van der Waals surface area (Å²) in [5.41, 5.74) is 5.04. The molecule has 32 heavy (non-hydrogen) atoms. The van der Waals surface area contributed by atoms with Crippen molar-refractivity contribution in [3.8, 4) is 11.3 Å². The van der Waals surface area contributed by atoms with Crippen molar-refractivity contribution in [1.29, 1.82) is 0 Å². The normalized spacial score (nSPS) is 15.5. The van der Waals surface area contributed by atoms with Crippen LogP contribution in [0.3, 0.4) is 0 Å². The number of carboxylic acid groups (broad SMARTS) is 1. The quantitative estimate of drug-likeness (QED) is 0.392. The van der Waals surface area contributed by atoms with Gasteiger partial charge in [-0.2, -0.15) is 0 Å². The van der Waals surface area contributed by atoms with E-state index in [4.69, 9.17) is 0 Å². The third-order valence-corrected chi connectivity index (χ3v) is 8.10. The lowest BCUT2D eigenvalue weighted by Gasteiger charge is -2.31. The van der Waals surface area contributed by atoms with Crippen LogP contribution in [0.25, 0.3) is 21.5 Å². The largest absolute Gasteiger partial charge is 0.477 e. The Morgan fingerprint density at radius 3 is 2.34 bits per heavy atom. The van der Waals surface area contributed by atoms with Crippen molar-refractivity contribution in [2.24, 2.45) is 0 Å². The van der Waals surface area contributed by atoms with E-state index in [0.717, 1.165) is 18.6 Å². The van der Waals surface area contributed by atoms with Crippen LogP contribution in [-0.4, -0.2) is 39.2 Å². The van der Waals surface area contributed by atoms with Gasteiger partial charge in [0.1, 0.15) is 4.88 Å².